The van der Waals surface area contributed by atoms with E-state index in [9.17, 15) is 4.79 Å². The molecule has 1 aliphatic heterocycles. The molecule has 2 fully saturated rings. The van der Waals surface area contributed by atoms with Gasteiger partial charge in [0.1, 0.15) is 9.88 Å². The van der Waals surface area contributed by atoms with Crippen LogP contribution in [-0.4, -0.2) is 30.0 Å². The highest BCUT2D eigenvalue weighted by molar-refractivity contribution is 7.16. The van der Waals surface area contributed by atoms with Gasteiger partial charge >= 0.3 is 0 Å². The summed E-state index contributed by atoms with van der Waals surface area (Å²) in [6.07, 6.45) is 1.70. The van der Waals surface area contributed by atoms with Crippen molar-refractivity contribution in [3.8, 4) is 10.6 Å². The van der Waals surface area contributed by atoms with E-state index in [1.165, 1.54) is 22.5 Å². The third kappa shape index (κ3) is 2.34. The molecular weight excluding hydrogens is 294 g/mol. The number of carbonyl (C=O) groups excluding carboxylic acids is 1. The minimum absolute atomic E-state index is 0.0204. The molecule has 0 bridgehead atoms. The number of nitrogens with one attached hydrogen (secondary N) is 2. The highest BCUT2D eigenvalue weighted by Crippen LogP contribution is 2.41. The lowest BCUT2D eigenvalue weighted by molar-refractivity contribution is 0.0950. The number of amides is 1. The van der Waals surface area contributed by atoms with Crippen LogP contribution >= 0.6 is 11.3 Å². The Morgan fingerprint density at radius 3 is 2.77 bits per heavy atom. The third-order valence-corrected chi connectivity index (χ3v) is 5.92. The monoisotopic (exact) mass is 313 g/mol. The van der Waals surface area contributed by atoms with E-state index in [0.717, 1.165) is 23.7 Å². The van der Waals surface area contributed by atoms with Gasteiger partial charge < -0.3 is 10.6 Å². The van der Waals surface area contributed by atoms with E-state index < -0.39 is 0 Å². The first-order chi connectivity index (χ1) is 10.6. The molecule has 2 N–H and O–H groups in total. The van der Waals surface area contributed by atoms with Gasteiger partial charge in [0, 0.05) is 24.7 Å². The van der Waals surface area contributed by atoms with Crippen molar-refractivity contribution >= 4 is 17.2 Å². The second-order valence-corrected chi connectivity index (χ2v) is 7.34. The molecule has 1 saturated heterocycles. The first kappa shape index (κ1) is 13.9. The molecule has 4 rings (SSSR count). The van der Waals surface area contributed by atoms with E-state index in [-0.39, 0.29) is 5.91 Å². The molecule has 3 atom stereocenters. The van der Waals surface area contributed by atoms with E-state index in [0.29, 0.717) is 22.8 Å². The predicted molar refractivity (Wildman–Crippen MR) is 88.1 cm³/mol. The van der Waals surface area contributed by atoms with Gasteiger partial charge in [-0.1, -0.05) is 12.1 Å². The Morgan fingerprint density at radius 1 is 1.27 bits per heavy atom. The van der Waals surface area contributed by atoms with Gasteiger partial charge in [-0.25, -0.2) is 4.98 Å². The Kier molecular flexibility index (Phi) is 3.27. The minimum Gasteiger partial charge on any atom is -0.348 e. The number of carbonyl (C=O) groups is 1. The number of aromatic nitrogens is 1. The molecule has 114 valence electrons. The van der Waals surface area contributed by atoms with Gasteiger partial charge in [-0.2, -0.15) is 0 Å². The summed E-state index contributed by atoms with van der Waals surface area (Å²) >= 11 is 1.47. The zero-order chi connectivity index (χ0) is 15.3. The highest BCUT2D eigenvalue weighted by atomic mass is 32.1. The molecule has 0 spiro atoms. The van der Waals surface area contributed by atoms with Crippen LogP contribution in [0.1, 0.15) is 20.8 Å². The molecule has 2 aromatic rings. The van der Waals surface area contributed by atoms with Crippen LogP contribution in [0.15, 0.2) is 24.4 Å². The summed E-state index contributed by atoms with van der Waals surface area (Å²) in [6.45, 7) is 6.26. The Balaban J connectivity index is 1.48. The van der Waals surface area contributed by atoms with Crippen molar-refractivity contribution in [2.75, 3.05) is 13.1 Å². The van der Waals surface area contributed by atoms with E-state index in [4.69, 9.17) is 0 Å². The summed E-state index contributed by atoms with van der Waals surface area (Å²) in [7, 11) is 0. The molecule has 2 heterocycles. The molecule has 1 saturated carbocycles. The molecule has 1 amide bonds. The molecule has 5 heteroatoms. The van der Waals surface area contributed by atoms with Gasteiger partial charge in [0.15, 0.2) is 0 Å². The lowest BCUT2D eigenvalue weighted by Crippen LogP contribution is -2.32. The van der Waals surface area contributed by atoms with Crippen LogP contribution in [-0.2, 0) is 0 Å². The zero-order valence-electron chi connectivity index (χ0n) is 12.7. The molecule has 1 unspecified atom stereocenters. The van der Waals surface area contributed by atoms with Gasteiger partial charge in [-0.3, -0.25) is 4.79 Å². The fourth-order valence-corrected chi connectivity index (χ4v) is 4.06. The second-order valence-electron chi connectivity index (χ2n) is 6.31. The van der Waals surface area contributed by atoms with Crippen LogP contribution in [0.5, 0.6) is 0 Å². The molecule has 0 radical (unpaired) electrons. The maximum Gasteiger partial charge on any atom is 0.263 e. The number of fused-ring (bicyclic) bond motifs is 1. The Morgan fingerprint density at radius 2 is 2.05 bits per heavy atom. The number of nitrogens with zero attached hydrogens (tertiary/aromatic N) is 1. The van der Waals surface area contributed by atoms with Crippen molar-refractivity contribution in [3.63, 3.8) is 0 Å². The number of thiazole rings is 1. The van der Waals surface area contributed by atoms with Gasteiger partial charge in [-0.05, 0) is 42.9 Å². The molecule has 22 heavy (non-hydrogen) atoms. The standard InChI is InChI=1S/C17H19N3OS/c1-9-3-4-11(5-10(9)2)17-19-8-14(22-17)16(21)20-15-12-6-18-7-13(12)15/h3-5,8,12-13,15,18H,6-7H2,1-2H3,(H,20,21)/t12-,13+,15?. The summed E-state index contributed by atoms with van der Waals surface area (Å²) < 4.78 is 0. The molecule has 1 aliphatic carbocycles. The Labute approximate surface area is 134 Å². The van der Waals surface area contributed by atoms with E-state index in [1.807, 2.05) is 0 Å². The maximum absolute atomic E-state index is 12.3. The van der Waals surface area contributed by atoms with Crippen molar-refractivity contribution in [3.05, 3.63) is 40.4 Å². The van der Waals surface area contributed by atoms with Crippen molar-refractivity contribution in [1.82, 2.24) is 15.6 Å². The second kappa shape index (κ2) is 5.18. The van der Waals surface area contributed by atoms with Gasteiger partial charge in [0.25, 0.3) is 5.91 Å². The van der Waals surface area contributed by atoms with Crippen LogP contribution in [0.25, 0.3) is 10.6 Å². The number of piperidine rings is 1. The number of benzene rings is 1. The number of rotatable bonds is 3. The van der Waals surface area contributed by atoms with Crippen molar-refractivity contribution in [2.24, 2.45) is 11.8 Å². The highest BCUT2D eigenvalue weighted by Gasteiger charge is 2.53. The molecular formula is C17H19N3OS. The number of hydrogen-bond acceptors (Lipinski definition) is 4. The van der Waals surface area contributed by atoms with E-state index in [1.54, 1.807) is 6.20 Å². The van der Waals surface area contributed by atoms with Crippen molar-refractivity contribution < 1.29 is 4.79 Å². The minimum atomic E-state index is 0.0204. The smallest absolute Gasteiger partial charge is 0.263 e. The molecule has 4 nitrogen and oxygen atoms in total. The summed E-state index contributed by atoms with van der Waals surface area (Å²) in [4.78, 5) is 17.5. The fraction of sp³-hybridized carbons (Fsp3) is 0.412. The molecule has 1 aromatic heterocycles. The van der Waals surface area contributed by atoms with Crippen molar-refractivity contribution in [1.29, 1.82) is 0 Å². The lowest BCUT2D eigenvalue weighted by Gasteiger charge is -2.05. The first-order valence-corrected chi connectivity index (χ1v) is 8.50. The number of hydrogen-bond donors (Lipinski definition) is 2. The Bertz CT molecular complexity index is 729. The summed E-state index contributed by atoms with van der Waals surface area (Å²) in [6, 6.07) is 6.66. The fourth-order valence-electron chi connectivity index (χ4n) is 3.24. The van der Waals surface area contributed by atoms with Crippen LogP contribution in [0.4, 0.5) is 0 Å². The molecule has 2 aliphatic rings. The summed E-state index contributed by atoms with van der Waals surface area (Å²) in [5, 5.41) is 7.40. The van der Waals surface area contributed by atoms with Gasteiger partial charge in [0.2, 0.25) is 0 Å². The van der Waals surface area contributed by atoms with Crippen LogP contribution in [0.2, 0.25) is 0 Å². The van der Waals surface area contributed by atoms with Crippen molar-refractivity contribution in [2.45, 2.75) is 19.9 Å². The topological polar surface area (TPSA) is 54.0 Å². The third-order valence-electron chi connectivity index (χ3n) is 4.87. The summed E-state index contributed by atoms with van der Waals surface area (Å²) in [5.74, 6) is 1.29. The van der Waals surface area contributed by atoms with Gasteiger partial charge in [0.05, 0.1) is 6.20 Å². The average molecular weight is 313 g/mol. The van der Waals surface area contributed by atoms with Crippen LogP contribution in [0.3, 0.4) is 0 Å². The average Bonchev–Trinajstić information content (AvgIpc) is 2.95. The first-order valence-electron chi connectivity index (χ1n) is 7.68. The largest absolute Gasteiger partial charge is 0.348 e. The van der Waals surface area contributed by atoms with Gasteiger partial charge in [-0.15, -0.1) is 11.3 Å². The SMILES string of the molecule is Cc1ccc(-c2ncc(C(=O)NC3[C@H]4CNC[C@@H]34)s2)cc1C. The normalized spacial score (nSPS) is 25.8. The predicted octanol–water partition coefficient (Wildman–Crippen LogP) is 2.37. The van der Waals surface area contributed by atoms with Crippen LogP contribution in [0, 0.1) is 25.7 Å². The van der Waals surface area contributed by atoms with E-state index >= 15 is 0 Å². The zero-order valence-corrected chi connectivity index (χ0v) is 13.5. The number of aryl methyl sites for hydroxylation is 2. The van der Waals surface area contributed by atoms with E-state index in [2.05, 4.69) is 47.7 Å². The Hall–Kier alpha value is -1.72. The quantitative estimate of drug-likeness (QED) is 0.915. The maximum atomic E-state index is 12.3. The molecule has 1 aromatic carbocycles. The summed E-state index contributed by atoms with van der Waals surface area (Å²) in [5.41, 5.74) is 3.60. The van der Waals surface area contributed by atoms with Crippen LogP contribution < -0.4 is 10.6 Å². The lowest BCUT2D eigenvalue weighted by atomic mass is 10.1.